The quantitative estimate of drug-likeness (QED) is 0.100. The highest BCUT2D eigenvalue weighted by atomic mass is 32.2. The summed E-state index contributed by atoms with van der Waals surface area (Å²) < 4.78 is 29.7. The van der Waals surface area contributed by atoms with Crippen molar-refractivity contribution in [2.75, 3.05) is 20.3 Å². The molecule has 3 heterocycles. The van der Waals surface area contributed by atoms with Crippen molar-refractivity contribution in [2.45, 2.75) is 132 Å². The summed E-state index contributed by atoms with van der Waals surface area (Å²) in [5.74, 6) is 0.727. The second kappa shape index (κ2) is 16.4. The van der Waals surface area contributed by atoms with E-state index >= 15 is 0 Å². The van der Waals surface area contributed by atoms with Crippen LogP contribution in [-0.4, -0.2) is 61.6 Å². The highest BCUT2D eigenvalue weighted by Gasteiger charge is 2.49. The SMILES string of the molecule is CCCCC[C@@H](C=C[C@@H]1[C@H]2CC(CCC=CC(=O)OC)S[C@@H]2C[C@H]1OC1CCCCO1)OC1CCCCO1. The molecule has 0 bridgehead atoms. The van der Waals surface area contributed by atoms with Gasteiger partial charge in [-0.25, -0.2) is 4.79 Å². The molecule has 216 valence electrons. The second-order valence-electron chi connectivity index (χ2n) is 11.3. The minimum atomic E-state index is -0.273. The number of rotatable bonds is 14. The smallest absolute Gasteiger partial charge is 0.330 e. The fourth-order valence-electron chi connectivity index (χ4n) is 6.37. The molecular formula is C31H50O6S. The van der Waals surface area contributed by atoms with E-state index in [0.29, 0.717) is 22.3 Å². The van der Waals surface area contributed by atoms with Crippen molar-refractivity contribution in [3.8, 4) is 0 Å². The van der Waals surface area contributed by atoms with E-state index in [9.17, 15) is 4.79 Å². The van der Waals surface area contributed by atoms with E-state index in [0.717, 1.165) is 64.6 Å². The normalized spacial score (nSPS) is 34.6. The van der Waals surface area contributed by atoms with E-state index in [1.165, 1.54) is 45.6 Å². The number of unbranched alkanes of at least 4 members (excludes halogenated alkanes) is 2. The summed E-state index contributed by atoms with van der Waals surface area (Å²) in [6, 6.07) is 0. The molecule has 4 fully saturated rings. The minimum absolute atomic E-state index is 0.0556. The highest BCUT2D eigenvalue weighted by Crippen LogP contribution is 2.53. The Bertz CT molecular complexity index is 745. The van der Waals surface area contributed by atoms with E-state index in [1.54, 1.807) is 6.08 Å². The summed E-state index contributed by atoms with van der Waals surface area (Å²) >= 11 is 2.14. The molecule has 0 N–H and O–H groups in total. The van der Waals surface area contributed by atoms with Crippen LogP contribution >= 0.6 is 11.8 Å². The van der Waals surface area contributed by atoms with Gasteiger partial charge in [-0.15, -0.1) is 0 Å². The molecule has 0 aromatic heterocycles. The molecule has 3 unspecified atom stereocenters. The zero-order chi connectivity index (χ0) is 26.6. The van der Waals surface area contributed by atoms with Gasteiger partial charge in [-0.1, -0.05) is 44.4 Å². The minimum Gasteiger partial charge on any atom is -0.466 e. The summed E-state index contributed by atoms with van der Waals surface area (Å²) in [6.07, 6.45) is 24.1. The first-order valence-electron chi connectivity index (χ1n) is 15.3. The van der Waals surface area contributed by atoms with Crippen LogP contribution < -0.4 is 0 Å². The fourth-order valence-corrected chi connectivity index (χ4v) is 8.26. The number of ether oxygens (including phenoxy) is 5. The van der Waals surface area contributed by atoms with Gasteiger partial charge in [0.15, 0.2) is 12.6 Å². The van der Waals surface area contributed by atoms with E-state index in [2.05, 4.69) is 30.8 Å². The molecule has 6 nitrogen and oxygen atoms in total. The molecule has 0 aromatic carbocycles. The molecule has 7 heteroatoms. The maximum Gasteiger partial charge on any atom is 0.330 e. The molecule has 4 aliphatic rings. The average Bonchev–Trinajstić information content (AvgIpc) is 3.47. The highest BCUT2D eigenvalue weighted by molar-refractivity contribution is 8.00. The van der Waals surface area contributed by atoms with Crippen molar-refractivity contribution >= 4 is 17.7 Å². The van der Waals surface area contributed by atoms with Gasteiger partial charge in [0.1, 0.15) is 0 Å². The molecule has 4 rings (SSSR count). The third-order valence-corrected chi connectivity index (χ3v) is 10.2. The van der Waals surface area contributed by atoms with Crippen molar-refractivity contribution < 1.29 is 28.5 Å². The Morgan fingerprint density at radius 1 is 1.05 bits per heavy atom. The van der Waals surface area contributed by atoms with Crippen molar-refractivity contribution in [3.05, 3.63) is 24.3 Å². The number of hydrogen-bond acceptors (Lipinski definition) is 7. The number of carbonyl (C=O) groups excluding carboxylic acids is 1. The molecular weight excluding hydrogens is 500 g/mol. The van der Waals surface area contributed by atoms with Gasteiger partial charge in [-0.2, -0.15) is 11.8 Å². The fraction of sp³-hybridized carbons (Fsp3) is 0.839. The number of hydrogen-bond donors (Lipinski definition) is 0. The van der Waals surface area contributed by atoms with Gasteiger partial charge in [0, 0.05) is 35.7 Å². The Kier molecular flexibility index (Phi) is 13.0. The van der Waals surface area contributed by atoms with Gasteiger partial charge < -0.3 is 23.7 Å². The van der Waals surface area contributed by atoms with Gasteiger partial charge in [0.2, 0.25) is 0 Å². The summed E-state index contributed by atoms with van der Waals surface area (Å²) in [5.41, 5.74) is 0. The van der Waals surface area contributed by atoms with Crippen LogP contribution in [0.1, 0.15) is 96.8 Å². The van der Waals surface area contributed by atoms with Crippen molar-refractivity contribution in [1.29, 1.82) is 0 Å². The van der Waals surface area contributed by atoms with Crippen molar-refractivity contribution in [2.24, 2.45) is 11.8 Å². The molecule has 0 amide bonds. The first kappa shape index (κ1) is 30.1. The number of allylic oxidation sites excluding steroid dienone is 1. The van der Waals surface area contributed by atoms with E-state index in [1.807, 2.05) is 6.08 Å². The summed E-state index contributed by atoms with van der Waals surface area (Å²) in [4.78, 5) is 11.4. The lowest BCUT2D eigenvalue weighted by molar-refractivity contribution is -0.192. The van der Waals surface area contributed by atoms with E-state index < -0.39 is 0 Å². The van der Waals surface area contributed by atoms with Crippen LogP contribution in [0.3, 0.4) is 0 Å². The lowest BCUT2D eigenvalue weighted by atomic mass is 9.89. The lowest BCUT2D eigenvalue weighted by Crippen LogP contribution is -2.31. The van der Waals surface area contributed by atoms with Crippen molar-refractivity contribution in [3.63, 3.8) is 0 Å². The first-order valence-corrected chi connectivity index (χ1v) is 16.2. The molecule has 0 spiro atoms. The molecule has 3 saturated heterocycles. The Balaban J connectivity index is 1.39. The topological polar surface area (TPSA) is 63.2 Å². The van der Waals surface area contributed by atoms with Crippen LogP contribution in [0.15, 0.2) is 24.3 Å². The number of methoxy groups -OCH3 is 1. The molecule has 3 aliphatic heterocycles. The maximum atomic E-state index is 11.4. The van der Waals surface area contributed by atoms with Gasteiger partial charge in [0.05, 0.1) is 19.3 Å². The Labute approximate surface area is 234 Å². The van der Waals surface area contributed by atoms with Crippen LogP contribution in [0.4, 0.5) is 0 Å². The maximum absolute atomic E-state index is 11.4. The molecule has 0 aromatic rings. The van der Waals surface area contributed by atoms with Crippen LogP contribution in [0.5, 0.6) is 0 Å². The number of thioether (sulfide) groups is 1. The summed E-state index contributed by atoms with van der Waals surface area (Å²) in [6.45, 7) is 3.88. The Morgan fingerprint density at radius 2 is 1.84 bits per heavy atom. The number of fused-ring (bicyclic) bond motifs is 1. The molecule has 1 aliphatic carbocycles. The summed E-state index contributed by atoms with van der Waals surface area (Å²) in [5, 5.41) is 1.25. The zero-order valence-electron chi connectivity index (χ0n) is 23.6. The third-order valence-electron chi connectivity index (χ3n) is 8.45. The van der Waals surface area contributed by atoms with Crippen LogP contribution in [-0.2, 0) is 28.5 Å². The van der Waals surface area contributed by atoms with Gasteiger partial charge in [0.25, 0.3) is 0 Å². The van der Waals surface area contributed by atoms with Gasteiger partial charge >= 0.3 is 5.97 Å². The number of carbonyl (C=O) groups is 1. The van der Waals surface area contributed by atoms with Gasteiger partial charge in [-0.3, -0.25) is 0 Å². The van der Waals surface area contributed by atoms with Crippen molar-refractivity contribution in [1.82, 2.24) is 0 Å². The first-order chi connectivity index (χ1) is 18.7. The zero-order valence-corrected chi connectivity index (χ0v) is 24.4. The Morgan fingerprint density at radius 3 is 2.55 bits per heavy atom. The monoisotopic (exact) mass is 550 g/mol. The predicted octanol–water partition coefficient (Wildman–Crippen LogP) is 6.97. The molecule has 1 saturated carbocycles. The van der Waals surface area contributed by atoms with E-state index in [4.69, 9.17) is 23.7 Å². The molecule has 8 atom stereocenters. The average molecular weight is 551 g/mol. The Hall–Kier alpha value is -0.860. The second-order valence-corrected chi connectivity index (χ2v) is 12.9. The molecule has 0 radical (unpaired) electrons. The third kappa shape index (κ3) is 9.36. The number of esters is 1. The lowest BCUT2D eigenvalue weighted by Gasteiger charge is -2.30. The van der Waals surface area contributed by atoms with E-state index in [-0.39, 0.29) is 30.8 Å². The largest absolute Gasteiger partial charge is 0.466 e. The standard InChI is InChI=1S/C31H50O6S/c1-3-4-5-12-23(36-30-15-8-10-19-34-30)17-18-25-26-21-24(13-6-7-14-29(32)33-2)38-28(26)22-27(25)37-31-16-9-11-20-35-31/h7,14,17-18,23-28,30-31H,3-6,8-13,15-16,19-22H2,1-2H3/t23-,24?,25+,26+,27+,28+,30?,31?/m0/s1. The van der Waals surface area contributed by atoms with Crippen LogP contribution in [0.2, 0.25) is 0 Å². The van der Waals surface area contributed by atoms with Crippen LogP contribution in [0, 0.1) is 11.8 Å². The van der Waals surface area contributed by atoms with Gasteiger partial charge in [-0.05, 0) is 76.5 Å². The predicted molar refractivity (Wildman–Crippen MR) is 152 cm³/mol. The molecule has 38 heavy (non-hydrogen) atoms. The van der Waals surface area contributed by atoms with Crippen LogP contribution in [0.25, 0.3) is 0 Å². The summed E-state index contributed by atoms with van der Waals surface area (Å²) in [7, 11) is 1.42.